The number of anilines is 1. The number of nitrogens with one attached hydrogen (secondary N) is 1. The predicted molar refractivity (Wildman–Crippen MR) is 95.2 cm³/mol. The lowest BCUT2D eigenvalue weighted by Crippen LogP contribution is -2.24. The molecule has 0 atom stereocenters. The monoisotopic (exact) mass is 367 g/mol. The van der Waals surface area contributed by atoms with Crippen LogP contribution in [-0.2, 0) is 20.4 Å². The van der Waals surface area contributed by atoms with Crippen molar-refractivity contribution < 1.29 is 17.9 Å². The van der Waals surface area contributed by atoms with Crippen LogP contribution in [0.5, 0.6) is 5.75 Å². The molecule has 128 valence electrons. The summed E-state index contributed by atoms with van der Waals surface area (Å²) in [6.07, 6.45) is 0. The van der Waals surface area contributed by atoms with E-state index in [-0.39, 0.29) is 5.75 Å². The molecule has 0 fully saturated rings. The molecule has 0 aliphatic rings. The third-order valence-corrected chi connectivity index (χ3v) is 4.84. The summed E-state index contributed by atoms with van der Waals surface area (Å²) in [4.78, 5) is 12.1. The van der Waals surface area contributed by atoms with Crippen molar-refractivity contribution in [3.8, 4) is 5.75 Å². The minimum absolute atomic E-state index is 0.218. The van der Waals surface area contributed by atoms with Gasteiger partial charge in [-0.15, -0.1) is 0 Å². The third-order valence-electron chi connectivity index (χ3n) is 3.11. The van der Waals surface area contributed by atoms with Crippen molar-refractivity contribution in [2.45, 2.75) is 12.7 Å². The maximum atomic E-state index is 12.2. The molecule has 1 amide bonds. The topological polar surface area (TPSA) is 72.5 Å². The molecule has 0 radical (unpaired) electrons. The standard InChI is InChI=1S/C17H18ClNO4S/c1-2-23-16-6-4-3-5-15(16)19-17(20)12-24(21,22)11-13-7-9-14(18)10-8-13/h3-10H,2,11-12H2,1H3,(H,19,20). The van der Waals surface area contributed by atoms with Gasteiger partial charge in [-0.1, -0.05) is 35.9 Å². The Morgan fingerprint density at radius 2 is 1.79 bits per heavy atom. The van der Waals surface area contributed by atoms with E-state index in [4.69, 9.17) is 16.3 Å². The first-order valence-corrected chi connectivity index (χ1v) is 9.56. The molecule has 2 rings (SSSR count). The Labute approximate surface area is 146 Å². The van der Waals surface area contributed by atoms with Gasteiger partial charge in [-0.25, -0.2) is 8.42 Å². The average Bonchev–Trinajstić information content (AvgIpc) is 2.51. The molecule has 2 aromatic rings. The summed E-state index contributed by atoms with van der Waals surface area (Å²) in [5.41, 5.74) is 1.04. The van der Waals surface area contributed by atoms with Gasteiger partial charge in [0.25, 0.3) is 0 Å². The van der Waals surface area contributed by atoms with Crippen LogP contribution in [0.25, 0.3) is 0 Å². The van der Waals surface area contributed by atoms with Crippen LogP contribution in [0.3, 0.4) is 0 Å². The van der Waals surface area contributed by atoms with Crippen LogP contribution >= 0.6 is 11.6 Å². The average molecular weight is 368 g/mol. The van der Waals surface area contributed by atoms with Crippen molar-refractivity contribution in [2.75, 3.05) is 17.7 Å². The summed E-state index contributed by atoms with van der Waals surface area (Å²) in [7, 11) is -3.59. The summed E-state index contributed by atoms with van der Waals surface area (Å²) < 4.78 is 29.7. The van der Waals surface area contributed by atoms with Crippen LogP contribution in [-0.4, -0.2) is 26.7 Å². The Hall–Kier alpha value is -2.05. The van der Waals surface area contributed by atoms with E-state index in [1.807, 2.05) is 6.92 Å². The van der Waals surface area contributed by atoms with Crippen molar-refractivity contribution in [2.24, 2.45) is 0 Å². The van der Waals surface area contributed by atoms with Crippen LogP contribution in [0.15, 0.2) is 48.5 Å². The lowest BCUT2D eigenvalue weighted by Gasteiger charge is -2.11. The molecule has 5 nitrogen and oxygen atoms in total. The van der Waals surface area contributed by atoms with Crippen LogP contribution in [0.2, 0.25) is 5.02 Å². The van der Waals surface area contributed by atoms with Crippen LogP contribution < -0.4 is 10.1 Å². The largest absolute Gasteiger partial charge is 0.492 e. The van der Waals surface area contributed by atoms with E-state index in [0.717, 1.165) is 0 Å². The van der Waals surface area contributed by atoms with E-state index in [2.05, 4.69) is 5.32 Å². The van der Waals surface area contributed by atoms with Gasteiger partial charge < -0.3 is 10.1 Å². The van der Waals surface area contributed by atoms with E-state index in [1.54, 1.807) is 48.5 Å². The number of carbonyl (C=O) groups excluding carboxylic acids is 1. The molecule has 0 aliphatic carbocycles. The summed E-state index contributed by atoms with van der Waals surface area (Å²) in [6.45, 7) is 2.27. The van der Waals surface area contributed by atoms with Crippen molar-refractivity contribution in [3.05, 3.63) is 59.1 Å². The molecule has 1 N–H and O–H groups in total. The molecule has 0 aliphatic heterocycles. The molecule has 2 aromatic carbocycles. The highest BCUT2D eigenvalue weighted by Crippen LogP contribution is 2.23. The Morgan fingerprint density at radius 1 is 1.12 bits per heavy atom. The van der Waals surface area contributed by atoms with Gasteiger partial charge in [0.05, 0.1) is 18.0 Å². The van der Waals surface area contributed by atoms with Gasteiger partial charge >= 0.3 is 0 Å². The summed E-state index contributed by atoms with van der Waals surface area (Å²) in [6, 6.07) is 13.4. The van der Waals surface area contributed by atoms with E-state index >= 15 is 0 Å². The first kappa shape index (κ1) is 18.3. The second-order valence-electron chi connectivity index (χ2n) is 5.14. The zero-order valence-electron chi connectivity index (χ0n) is 13.2. The molecule has 0 spiro atoms. The molecule has 0 aromatic heterocycles. The SMILES string of the molecule is CCOc1ccccc1NC(=O)CS(=O)(=O)Cc1ccc(Cl)cc1. The number of para-hydroxylation sites is 2. The molecule has 7 heteroatoms. The smallest absolute Gasteiger partial charge is 0.239 e. The first-order valence-electron chi connectivity index (χ1n) is 7.36. The number of carbonyl (C=O) groups is 1. The highest BCUT2D eigenvalue weighted by Gasteiger charge is 2.18. The molecule has 24 heavy (non-hydrogen) atoms. The molecule has 0 bridgehead atoms. The zero-order valence-corrected chi connectivity index (χ0v) is 14.7. The minimum atomic E-state index is -3.59. The fourth-order valence-electron chi connectivity index (χ4n) is 2.12. The maximum Gasteiger partial charge on any atom is 0.239 e. The quantitative estimate of drug-likeness (QED) is 0.815. The molecular formula is C17H18ClNO4S. The molecular weight excluding hydrogens is 350 g/mol. The van der Waals surface area contributed by atoms with Gasteiger partial charge in [-0.2, -0.15) is 0 Å². The Bertz CT molecular complexity index is 804. The number of rotatable bonds is 7. The first-order chi connectivity index (χ1) is 11.4. The Balaban J connectivity index is 2.02. The Kier molecular flexibility index (Phi) is 6.23. The van der Waals surface area contributed by atoms with Gasteiger partial charge in [0, 0.05) is 5.02 Å². The lowest BCUT2D eigenvalue weighted by atomic mass is 10.2. The number of ether oxygens (including phenoxy) is 1. The van der Waals surface area contributed by atoms with Crippen LogP contribution in [0, 0.1) is 0 Å². The van der Waals surface area contributed by atoms with Crippen molar-refractivity contribution in [1.29, 1.82) is 0 Å². The third kappa shape index (κ3) is 5.54. The van der Waals surface area contributed by atoms with E-state index in [1.165, 1.54) is 0 Å². The molecule has 0 saturated carbocycles. The number of halogens is 1. The van der Waals surface area contributed by atoms with Crippen molar-refractivity contribution in [3.63, 3.8) is 0 Å². The second-order valence-corrected chi connectivity index (χ2v) is 7.64. The number of sulfone groups is 1. The molecule has 0 unspecified atom stereocenters. The highest BCUT2D eigenvalue weighted by atomic mass is 35.5. The summed E-state index contributed by atoms with van der Waals surface area (Å²) in [5.74, 6) is -0.916. The van der Waals surface area contributed by atoms with E-state index in [0.29, 0.717) is 28.6 Å². The second kappa shape index (κ2) is 8.17. The van der Waals surface area contributed by atoms with Gasteiger partial charge in [0.2, 0.25) is 5.91 Å². The van der Waals surface area contributed by atoms with Gasteiger partial charge in [0.1, 0.15) is 11.5 Å². The van der Waals surface area contributed by atoms with E-state index < -0.39 is 21.5 Å². The van der Waals surface area contributed by atoms with Crippen LogP contribution in [0.4, 0.5) is 5.69 Å². The summed E-state index contributed by atoms with van der Waals surface area (Å²) in [5, 5.41) is 3.11. The number of hydrogen-bond acceptors (Lipinski definition) is 4. The van der Waals surface area contributed by atoms with Gasteiger partial charge in [0.15, 0.2) is 9.84 Å². The number of benzene rings is 2. The fourth-order valence-corrected chi connectivity index (χ4v) is 3.52. The van der Waals surface area contributed by atoms with Crippen molar-refractivity contribution >= 4 is 33.0 Å². The fraction of sp³-hybridized carbons (Fsp3) is 0.235. The highest BCUT2D eigenvalue weighted by molar-refractivity contribution is 7.91. The number of hydrogen-bond donors (Lipinski definition) is 1. The van der Waals surface area contributed by atoms with Gasteiger partial charge in [-0.05, 0) is 36.8 Å². The normalized spacial score (nSPS) is 11.1. The van der Waals surface area contributed by atoms with Gasteiger partial charge in [-0.3, -0.25) is 4.79 Å². The zero-order chi connectivity index (χ0) is 17.6. The summed E-state index contributed by atoms with van der Waals surface area (Å²) >= 11 is 5.77. The lowest BCUT2D eigenvalue weighted by molar-refractivity contribution is -0.113. The molecule has 0 heterocycles. The van der Waals surface area contributed by atoms with Crippen molar-refractivity contribution in [1.82, 2.24) is 0 Å². The predicted octanol–water partition coefficient (Wildman–Crippen LogP) is 3.29. The molecule has 0 saturated heterocycles. The number of amides is 1. The minimum Gasteiger partial charge on any atom is -0.492 e. The van der Waals surface area contributed by atoms with Crippen LogP contribution in [0.1, 0.15) is 12.5 Å². The maximum absolute atomic E-state index is 12.2. The Morgan fingerprint density at radius 3 is 2.46 bits per heavy atom. The van der Waals surface area contributed by atoms with E-state index in [9.17, 15) is 13.2 Å².